The number of hydrogen-bond donors (Lipinski definition) is 1. The maximum Gasteiger partial charge on any atom is 0.143 e. The summed E-state index contributed by atoms with van der Waals surface area (Å²) in [4.78, 5) is 6.70. The van der Waals surface area contributed by atoms with Gasteiger partial charge in [-0.25, -0.2) is 0 Å². The molecule has 1 aromatic heterocycles. The fourth-order valence-electron chi connectivity index (χ4n) is 2.31. The van der Waals surface area contributed by atoms with Crippen molar-refractivity contribution >= 4 is 0 Å². The monoisotopic (exact) mass is 250 g/mol. The van der Waals surface area contributed by atoms with Gasteiger partial charge in [0.1, 0.15) is 18.1 Å². The lowest BCUT2D eigenvalue weighted by molar-refractivity contribution is 0.179. The molecule has 0 atom stereocenters. The first-order chi connectivity index (χ1) is 8.79. The summed E-state index contributed by atoms with van der Waals surface area (Å²) in [6.07, 6.45) is 3.95. The molecule has 0 unspecified atom stereocenters. The minimum atomic E-state index is -0.0687. The molecule has 2 rings (SSSR count). The van der Waals surface area contributed by atoms with Crippen molar-refractivity contribution in [1.29, 1.82) is 0 Å². The number of rotatable bonds is 5. The first-order valence-electron chi connectivity index (χ1n) is 6.72. The zero-order valence-electron chi connectivity index (χ0n) is 11.1. The van der Waals surface area contributed by atoms with E-state index in [0.717, 1.165) is 12.2 Å². The van der Waals surface area contributed by atoms with Gasteiger partial charge in [-0.1, -0.05) is 6.42 Å². The summed E-state index contributed by atoms with van der Waals surface area (Å²) in [6.45, 7) is 5.83. The Morgan fingerprint density at radius 1 is 1.28 bits per heavy atom. The summed E-state index contributed by atoms with van der Waals surface area (Å²) in [5, 5.41) is 9.24. The second-order valence-corrected chi connectivity index (χ2v) is 4.81. The predicted molar refractivity (Wildman–Crippen MR) is 70.7 cm³/mol. The van der Waals surface area contributed by atoms with Crippen LogP contribution in [0.15, 0.2) is 12.1 Å². The summed E-state index contributed by atoms with van der Waals surface area (Å²) in [6, 6.07) is 3.81. The van der Waals surface area contributed by atoms with Crippen LogP contribution in [-0.4, -0.2) is 41.2 Å². The number of likely N-dealkylation sites (tertiary alicyclic amines) is 1. The van der Waals surface area contributed by atoms with E-state index >= 15 is 0 Å². The number of pyridine rings is 1. The number of aliphatic hydroxyl groups is 1. The van der Waals surface area contributed by atoms with Gasteiger partial charge in [-0.15, -0.1) is 0 Å². The van der Waals surface area contributed by atoms with Crippen LogP contribution in [0.2, 0.25) is 0 Å². The van der Waals surface area contributed by atoms with E-state index in [-0.39, 0.29) is 6.61 Å². The summed E-state index contributed by atoms with van der Waals surface area (Å²) < 4.78 is 5.72. The predicted octanol–water partition coefficient (Wildman–Crippen LogP) is 1.75. The van der Waals surface area contributed by atoms with Crippen LogP contribution < -0.4 is 4.74 Å². The highest BCUT2D eigenvalue weighted by atomic mass is 16.5. The average molecular weight is 250 g/mol. The zero-order chi connectivity index (χ0) is 12.8. The van der Waals surface area contributed by atoms with Crippen molar-refractivity contribution in [2.45, 2.75) is 32.8 Å². The molecule has 1 fully saturated rings. The quantitative estimate of drug-likeness (QED) is 0.864. The van der Waals surface area contributed by atoms with Crippen molar-refractivity contribution in [2.24, 2.45) is 0 Å². The van der Waals surface area contributed by atoms with Gasteiger partial charge in [0.25, 0.3) is 0 Å². The lowest BCUT2D eigenvalue weighted by atomic mass is 10.1. The summed E-state index contributed by atoms with van der Waals surface area (Å²) >= 11 is 0. The van der Waals surface area contributed by atoms with Gasteiger partial charge < -0.3 is 9.84 Å². The zero-order valence-corrected chi connectivity index (χ0v) is 11.1. The largest absolute Gasteiger partial charge is 0.490 e. The van der Waals surface area contributed by atoms with Crippen LogP contribution in [0.3, 0.4) is 0 Å². The molecule has 18 heavy (non-hydrogen) atoms. The third-order valence-corrected chi connectivity index (χ3v) is 3.34. The van der Waals surface area contributed by atoms with Crippen LogP contribution in [0.1, 0.15) is 30.7 Å². The molecule has 0 amide bonds. The summed E-state index contributed by atoms with van der Waals surface area (Å²) in [5.74, 6) is 0.708. The fourth-order valence-corrected chi connectivity index (χ4v) is 2.31. The number of nitrogens with zero attached hydrogens (tertiary/aromatic N) is 2. The van der Waals surface area contributed by atoms with E-state index in [0.29, 0.717) is 18.1 Å². The van der Waals surface area contributed by atoms with Crippen molar-refractivity contribution in [2.75, 3.05) is 26.2 Å². The van der Waals surface area contributed by atoms with Gasteiger partial charge in [-0.2, -0.15) is 0 Å². The Labute approximate surface area is 109 Å². The van der Waals surface area contributed by atoms with Gasteiger partial charge >= 0.3 is 0 Å². The molecule has 0 saturated carbocycles. The highest BCUT2D eigenvalue weighted by molar-refractivity contribution is 5.28. The minimum Gasteiger partial charge on any atom is -0.490 e. The smallest absolute Gasteiger partial charge is 0.143 e. The van der Waals surface area contributed by atoms with E-state index in [1.165, 1.54) is 32.4 Å². The fraction of sp³-hybridized carbons (Fsp3) is 0.643. The van der Waals surface area contributed by atoms with Crippen LogP contribution in [-0.2, 0) is 6.61 Å². The van der Waals surface area contributed by atoms with Crippen LogP contribution in [0.25, 0.3) is 0 Å². The SMILES string of the molecule is Cc1ccc(OCCN2CCCCC2)c(CO)n1. The number of ether oxygens (including phenoxy) is 1. The molecule has 0 radical (unpaired) electrons. The molecule has 4 heteroatoms. The molecule has 100 valence electrons. The Bertz CT molecular complexity index is 376. The summed E-state index contributed by atoms with van der Waals surface area (Å²) in [7, 11) is 0. The Kier molecular flexibility index (Phi) is 4.96. The van der Waals surface area contributed by atoms with Crippen LogP contribution in [0, 0.1) is 6.92 Å². The number of hydrogen-bond acceptors (Lipinski definition) is 4. The molecular formula is C14H22N2O2. The Hall–Kier alpha value is -1.13. The summed E-state index contributed by atoms with van der Waals surface area (Å²) in [5.41, 5.74) is 1.54. The molecule has 1 aromatic rings. The van der Waals surface area contributed by atoms with E-state index in [1.807, 2.05) is 19.1 Å². The van der Waals surface area contributed by atoms with Gasteiger partial charge in [0, 0.05) is 12.2 Å². The molecule has 1 aliphatic heterocycles. The molecule has 1 aliphatic rings. The van der Waals surface area contributed by atoms with E-state index in [2.05, 4.69) is 9.88 Å². The third kappa shape index (κ3) is 3.68. The second kappa shape index (κ2) is 6.71. The molecule has 0 spiro atoms. The van der Waals surface area contributed by atoms with Crippen molar-refractivity contribution in [1.82, 2.24) is 9.88 Å². The number of piperidine rings is 1. The van der Waals surface area contributed by atoms with Crippen LogP contribution >= 0.6 is 0 Å². The number of aliphatic hydroxyl groups excluding tert-OH is 1. The van der Waals surface area contributed by atoms with Crippen molar-refractivity contribution in [3.05, 3.63) is 23.5 Å². The first-order valence-corrected chi connectivity index (χ1v) is 6.72. The van der Waals surface area contributed by atoms with E-state index in [1.54, 1.807) is 0 Å². The second-order valence-electron chi connectivity index (χ2n) is 4.81. The number of aromatic nitrogens is 1. The van der Waals surface area contributed by atoms with Crippen molar-refractivity contribution < 1.29 is 9.84 Å². The first kappa shape index (κ1) is 13.3. The molecule has 1 N–H and O–H groups in total. The van der Waals surface area contributed by atoms with Crippen LogP contribution in [0.4, 0.5) is 0 Å². The van der Waals surface area contributed by atoms with Gasteiger partial charge in [-0.3, -0.25) is 9.88 Å². The Morgan fingerprint density at radius 2 is 2.06 bits per heavy atom. The topological polar surface area (TPSA) is 45.6 Å². The minimum absolute atomic E-state index is 0.0687. The van der Waals surface area contributed by atoms with E-state index < -0.39 is 0 Å². The molecular weight excluding hydrogens is 228 g/mol. The van der Waals surface area contributed by atoms with Gasteiger partial charge in [-0.05, 0) is 45.0 Å². The lowest BCUT2D eigenvalue weighted by Crippen LogP contribution is -2.33. The molecule has 1 saturated heterocycles. The molecule has 0 aromatic carbocycles. The lowest BCUT2D eigenvalue weighted by Gasteiger charge is -2.26. The maximum atomic E-state index is 9.24. The van der Waals surface area contributed by atoms with Crippen molar-refractivity contribution in [3.63, 3.8) is 0 Å². The Balaban J connectivity index is 1.82. The van der Waals surface area contributed by atoms with Gasteiger partial charge in [0.15, 0.2) is 0 Å². The molecule has 0 aliphatic carbocycles. The van der Waals surface area contributed by atoms with Crippen LogP contribution in [0.5, 0.6) is 5.75 Å². The highest BCUT2D eigenvalue weighted by Gasteiger charge is 2.10. The van der Waals surface area contributed by atoms with E-state index in [9.17, 15) is 5.11 Å². The molecule has 0 bridgehead atoms. The average Bonchev–Trinajstić information content (AvgIpc) is 2.41. The number of aryl methyl sites for hydroxylation is 1. The highest BCUT2D eigenvalue weighted by Crippen LogP contribution is 2.17. The van der Waals surface area contributed by atoms with Gasteiger partial charge in [0.2, 0.25) is 0 Å². The normalized spacial score (nSPS) is 16.8. The standard InChI is InChI=1S/C14H22N2O2/c1-12-5-6-14(13(11-17)15-12)18-10-9-16-7-3-2-4-8-16/h5-6,17H,2-4,7-11H2,1H3. The Morgan fingerprint density at radius 3 is 2.78 bits per heavy atom. The molecule has 4 nitrogen and oxygen atoms in total. The third-order valence-electron chi connectivity index (χ3n) is 3.34. The molecule has 2 heterocycles. The maximum absolute atomic E-state index is 9.24. The van der Waals surface area contributed by atoms with E-state index in [4.69, 9.17) is 4.74 Å². The van der Waals surface area contributed by atoms with Crippen molar-refractivity contribution in [3.8, 4) is 5.75 Å². The van der Waals surface area contributed by atoms with Gasteiger partial charge in [0.05, 0.1) is 6.61 Å².